The van der Waals surface area contributed by atoms with E-state index in [9.17, 15) is 4.79 Å². The molecule has 3 rings (SSSR count). The van der Waals surface area contributed by atoms with Crippen molar-refractivity contribution in [2.24, 2.45) is 4.99 Å². The summed E-state index contributed by atoms with van der Waals surface area (Å²) in [4.78, 5) is 18.1. The zero-order chi connectivity index (χ0) is 15.4. The first-order valence-corrected chi connectivity index (χ1v) is 7.97. The first kappa shape index (κ1) is 14.7. The number of benzene rings is 2. The van der Waals surface area contributed by atoms with Crippen molar-refractivity contribution in [3.05, 3.63) is 87.1 Å². The van der Waals surface area contributed by atoms with Crippen LogP contribution in [-0.2, 0) is 0 Å². The fourth-order valence-corrected chi connectivity index (χ4v) is 2.80. The molecule has 108 valence electrons. The highest BCUT2D eigenvalue weighted by molar-refractivity contribution is 7.11. The van der Waals surface area contributed by atoms with E-state index in [2.05, 4.69) is 4.99 Å². The number of carbonyl (C=O) groups excluding carboxylic acids is 1. The molecule has 0 radical (unpaired) electrons. The summed E-state index contributed by atoms with van der Waals surface area (Å²) in [5.41, 5.74) is 1.75. The summed E-state index contributed by atoms with van der Waals surface area (Å²) < 4.78 is 0. The van der Waals surface area contributed by atoms with Gasteiger partial charge in [0.2, 0.25) is 0 Å². The van der Waals surface area contributed by atoms with E-state index in [4.69, 9.17) is 11.6 Å². The van der Waals surface area contributed by atoms with Crippen LogP contribution in [0, 0.1) is 0 Å². The van der Waals surface area contributed by atoms with Gasteiger partial charge < -0.3 is 0 Å². The van der Waals surface area contributed by atoms with Gasteiger partial charge in [0.1, 0.15) is 0 Å². The van der Waals surface area contributed by atoms with Crippen LogP contribution < -0.4 is 0 Å². The van der Waals surface area contributed by atoms with Crippen molar-refractivity contribution in [3.8, 4) is 0 Å². The molecule has 2 nitrogen and oxygen atoms in total. The third-order valence-electron chi connectivity index (χ3n) is 3.11. The predicted molar refractivity (Wildman–Crippen MR) is 92.9 cm³/mol. The van der Waals surface area contributed by atoms with Crippen LogP contribution >= 0.6 is 22.9 Å². The molecule has 0 saturated heterocycles. The fraction of sp³-hybridized carbons (Fsp3) is 0. The summed E-state index contributed by atoms with van der Waals surface area (Å²) in [6.07, 6.45) is 1.76. The van der Waals surface area contributed by atoms with Gasteiger partial charge in [-0.3, -0.25) is 9.79 Å². The van der Waals surface area contributed by atoms with Gasteiger partial charge in [-0.1, -0.05) is 48.0 Å². The van der Waals surface area contributed by atoms with Crippen LogP contribution in [0.4, 0.5) is 5.69 Å². The number of ketones is 1. The van der Waals surface area contributed by atoms with Gasteiger partial charge in [0.25, 0.3) is 0 Å². The van der Waals surface area contributed by atoms with E-state index >= 15 is 0 Å². The Hall–Kier alpha value is -2.23. The van der Waals surface area contributed by atoms with Gasteiger partial charge >= 0.3 is 0 Å². The lowest BCUT2D eigenvalue weighted by atomic mass is 10.0. The van der Waals surface area contributed by atoms with Gasteiger partial charge in [0, 0.05) is 27.2 Å². The molecule has 0 aliphatic rings. The minimum Gasteiger partial charge on any atom is -0.289 e. The van der Waals surface area contributed by atoms with Crippen LogP contribution in [0.3, 0.4) is 0 Å². The molecule has 4 heteroatoms. The van der Waals surface area contributed by atoms with E-state index in [0.29, 0.717) is 21.8 Å². The number of nitrogens with zero attached hydrogens (tertiary/aromatic N) is 1. The van der Waals surface area contributed by atoms with Crippen molar-refractivity contribution in [2.75, 3.05) is 0 Å². The van der Waals surface area contributed by atoms with Crippen LogP contribution in [0.2, 0.25) is 5.02 Å². The minimum atomic E-state index is -0.0820. The lowest BCUT2D eigenvalue weighted by molar-refractivity contribution is 0.103. The average Bonchev–Trinajstić information content (AvgIpc) is 3.07. The topological polar surface area (TPSA) is 29.4 Å². The second kappa shape index (κ2) is 6.69. The summed E-state index contributed by atoms with van der Waals surface area (Å²) in [7, 11) is 0. The second-order valence-electron chi connectivity index (χ2n) is 4.63. The molecule has 2 aromatic carbocycles. The van der Waals surface area contributed by atoms with Crippen LogP contribution in [0.5, 0.6) is 0 Å². The summed E-state index contributed by atoms with van der Waals surface area (Å²) in [6, 6.07) is 18.2. The number of hydrogen-bond acceptors (Lipinski definition) is 3. The molecule has 0 amide bonds. The third kappa shape index (κ3) is 3.32. The molecule has 0 saturated carbocycles. The first-order chi connectivity index (χ1) is 10.7. The van der Waals surface area contributed by atoms with E-state index < -0.39 is 0 Å². The van der Waals surface area contributed by atoms with E-state index in [1.165, 1.54) is 0 Å². The van der Waals surface area contributed by atoms with Crippen molar-refractivity contribution in [2.45, 2.75) is 0 Å². The molecule has 0 atom stereocenters. The Labute approximate surface area is 137 Å². The van der Waals surface area contributed by atoms with Gasteiger partial charge in [0.05, 0.1) is 5.69 Å². The van der Waals surface area contributed by atoms with E-state index in [1.807, 2.05) is 35.7 Å². The van der Waals surface area contributed by atoms with Gasteiger partial charge in [-0.2, -0.15) is 0 Å². The minimum absolute atomic E-state index is 0.0820. The third-order valence-corrected chi connectivity index (χ3v) is 4.16. The van der Waals surface area contributed by atoms with Crippen molar-refractivity contribution >= 4 is 40.6 Å². The Morgan fingerprint density at radius 2 is 1.86 bits per heavy atom. The van der Waals surface area contributed by atoms with E-state index in [1.54, 1.807) is 47.9 Å². The Morgan fingerprint density at radius 1 is 1.05 bits per heavy atom. The number of halogens is 1. The predicted octanol–water partition coefficient (Wildman–Crippen LogP) is 5.38. The van der Waals surface area contributed by atoms with Gasteiger partial charge in [-0.05, 0) is 29.6 Å². The van der Waals surface area contributed by atoms with Crippen LogP contribution in [0.1, 0.15) is 20.8 Å². The highest BCUT2D eigenvalue weighted by Crippen LogP contribution is 2.26. The van der Waals surface area contributed by atoms with Crippen LogP contribution in [-0.4, -0.2) is 12.0 Å². The molecule has 0 fully saturated rings. The zero-order valence-corrected chi connectivity index (χ0v) is 13.1. The number of rotatable bonds is 4. The summed E-state index contributed by atoms with van der Waals surface area (Å²) in [5.74, 6) is -0.0820. The number of thiophene rings is 1. The molecule has 1 heterocycles. The molecule has 0 aliphatic heterocycles. The molecule has 0 bridgehead atoms. The van der Waals surface area contributed by atoms with Gasteiger partial charge in [0.15, 0.2) is 5.78 Å². The molecular weight excluding hydrogens is 314 g/mol. The molecule has 0 spiro atoms. The Morgan fingerprint density at radius 3 is 2.59 bits per heavy atom. The normalized spacial score (nSPS) is 11.0. The van der Waals surface area contributed by atoms with E-state index in [-0.39, 0.29) is 5.78 Å². The lowest BCUT2D eigenvalue weighted by Gasteiger charge is -2.05. The quantitative estimate of drug-likeness (QED) is 0.467. The molecular formula is C18H12ClNOS. The Bertz CT molecular complexity index is 810. The monoisotopic (exact) mass is 325 g/mol. The standard InChI is InChI=1S/C18H12ClNOS/c19-14-8-9-17(20-12-15-7-4-10-22-15)16(11-14)18(21)13-5-2-1-3-6-13/h1-12H. The van der Waals surface area contributed by atoms with Crippen molar-refractivity contribution < 1.29 is 4.79 Å². The van der Waals surface area contributed by atoms with Gasteiger partial charge in [-0.15, -0.1) is 11.3 Å². The summed E-state index contributed by atoms with van der Waals surface area (Å²) in [5, 5.41) is 2.51. The molecule has 3 aromatic rings. The summed E-state index contributed by atoms with van der Waals surface area (Å²) in [6.45, 7) is 0. The summed E-state index contributed by atoms with van der Waals surface area (Å²) >= 11 is 7.64. The molecule has 0 aliphatic carbocycles. The largest absolute Gasteiger partial charge is 0.289 e. The first-order valence-electron chi connectivity index (χ1n) is 6.71. The molecule has 22 heavy (non-hydrogen) atoms. The smallest absolute Gasteiger partial charge is 0.195 e. The Balaban J connectivity index is 1.99. The van der Waals surface area contributed by atoms with Gasteiger partial charge in [-0.25, -0.2) is 0 Å². The number of carbonyl (C=O) groups is 1. The highest BCUT2D eigenvalue weighted by atomic mass is 35.5. The van der Waals surface area contributed by atoms with E-state index in [0.717, 1.165) is 4.88 Å². The van der Waals surface area contributed by atoms with Crippen molar-refractivity contribution in [1.29, 1.82) is 0 Å². The van der Waals surface area contributed by atoms with Crippen molar-refractivity contribution in [3.63, 3.8) is 0 Å². The number of hydrogen-bond donors (Lipinski definition) is 0. The van der Waals surface area contributed by atoms with Crippen LogP contribution in [0.15, 0.2) is 71.0 Å². The van der Waals surface area contributed by atoms with Crippen molar-refractivity contribution in [1.82, 2.24) is 0 Å². The molecule has 1 aromatic heterocycles. The highest BCUT2D eigenvalue weighted by Gasteiger charge is 2.13. The maximum Gasteiger partial charge on any atom is 0.195 e. The number of aliphatic imine (C=N–C) groups is 1. The second-order valence-corrected chi connectivity index (χ2v) is 6.05. The molecule has 0 N–H and O–H groups in total. The lowest BCUT2D eigenvalue weighted by Crippen LogP contribution is -2.01. The van der Waals surface area contributed by atoms with Crippen LogP contribution in [0.25, 0.3) is 0 Å². The average molecular weight is 326 g/mol. The SMILES string of the molecule is O=C(c1ccccc1)c1cc(Cl)ccc1N=Cc1cccs1. The molecule has 0 unspecified atom stereocenters. The maximum atomic E-state index is 12.7. The maximum absolute atomic E-state index is 12.7. The Kier molecular flexibility index (Phi) is 4.47. The zero-order valence-electron chi connectivity index (χ0n) is 11.6. The fourth-order valence-electron chi connectivity index (χ4n) is 2.05.